The van der Waals surface area contributed by atoms with Crippen molar-refractivity contribution in [2.24, 2.45) is 11.8 Å². The molecule has 0 radical (unpaired) electrons. The molecule has 2 amide bonds. The summed E-state index contributed by atoms with van der Waals surface area (Å²) in [5.74, 6) is 0.0237. The normalized spacial score (nSPS) is 20.6. The zero-order valence-electron chi connectivity index (χ0n) is 13.6. The van der Waals surface area contributed by atoms with Gasteiger partial charge in [-0.3, -0.25) is 9.59 Å². The van der Waals surface area contributed by atoms with Crippen LogP contribution in [0.2, 0.25) is 0 Å². The largest absolute Gasteiger partial charge is 0.354 e. The number of hydrogen-bond acceptors (Lipinski definition) is 3. The lowest BCUT2D eigenvalue weighted by Gasteiger charge is -2.27. The maximum atomic E-state index is 12.3. The minimum Gasteiger partial charge on any atom is -0.354 e. The Labute approximate surface area is 137 Å². The van der Waals surface area contributed by atoms with Crippen LogP contribution in [0.4, 0.5) is 5.69 Å². The van der Waals surface area contributed by atoms with E-state index in [1.807, 2.05) is 13.8 Å². The van der Waals surface area contributed by atoms with E-state index < -0.39 is 0 Å². The zero-order chi connectivity index (χ0) is 16.8. The fourth-order valence-corrected chi connectivity index (χ4v) is 2.93. The molecule has 0 spiro atoms. The summed E-state index contributed by atoms with van der Waals surface area (Å²) in [6, 6.07) is 9.11. The van der Waals surface area contributed by atoms with E-state index in [9.17, 15) is 9.59 Å². The lowest BCUT2D eigenvalue weighted by molar-refractivity contribution is -0.128. The fourth-order valence-electron chi connectivity index (χ4n) is 2.93. The molecule has 5 heteroatoms. The molecule has 1 saturated carbocycles. The van der Waals surface area contributed by atoms with Gasteiger partial charge in [0, 0.05) is 23.6 Å². The minimum atomic E-state index is -0.0659. The van der Waals surface area contributed by atoms with Crippen molar-refractivity contribution in [3.63, 3.8) is 0 Å². The third kappa shape index (κ3) is 4.82. The van der Waals surface area contributed by atoms with Gasteiger partial charge in [-0.05, 0) is 57.7 Å². The van der Waals surface area contributed by atoms with Crippen LogP contribution in [0.15, 0.2) is 24.3 Å². The Morgan fingerprint density at radius 1 is 1.13 bits per heavy atom. The SMILES string of the molecule is CC(C)NC(=O)C1CCC(C(=O)Nc2cccc(C#N)c2)CC1. The van der Waals surface area contributed by atoms with Gasteiger partial charge in [0.2, 0.25) is 11.8 Å². The maximum Gasteiger partial charge on any atom is 0.227 e. The summed E-state index contributed by atoms with van der Waals surface area (Å²) in [6.07, 6.45) is 2.93. The van der Waals surface area contributed by atoms with Gasteiger partial charge >= 0.3 is 0 Å². The number of benzene rings is 1. The van der Waals surface area contributed by atoms with Crippen molar-refractivity contribution >= 4 is 17.5 Å². The van der Waals surface area contributed by atoms with E-state index in [2.05, 4.69) is 16.7 Å². The maximum absolute atomic E-state index is 12.3. The molecule has 1 aliphatic carbocycles. The molecule has 1 fully saturated rings. The van der Waals surface area contributed by atoms with Gasteiger partial charge in [0.05, 0.1) is 11.6 Å². The topological polar surface area (TPSA) is 82.0 Å². The van der Waals surface area contributed by atoms with E-state index in [0.717, 1.165) is 25.7 Å². The number of rotatable bonds is 4. The van der Waals surface area contributed by atoms with Crippen molar-refractivity contribution < 1.29 is 9.59 Å². The van der Waals surface area contributed by atoms with E-state index in [4.69, 9.17) is 5.26 Å². The molecule has 5 nitrogen and oxygen atoms in total. The highest BCUT2D eigenvalue weighted by molar-refractivity contribution is 5.93. The Morgan fingerprint density at radius 2 is 1.74 bits per heavy atom. The second-order valence-electron chi connectivity index (χ2n) is 6.39. The first-order valence-electron chi connectivity index (χ1n) is 8.11. The molecule has 1 aliphatic rings. The van der Waals surface area contributed by atoms with E-state index in [-0.39, 0.29) is 29.7 Å². The Hall–Kier alpha value is -2.35. The van der Waals surface area contributed by atoms with Gasteiger partial charge in [0.25, 0.3) is 0 Å². The molecule has 0 aromatic heterocycles. The van der Waals surface area contributed by atoms with Crippen LogP contribution in [-0.2, 0) is 9.59 Å². The Morgan fingerprint density at radius 3 is 2.30 bits per heavy atom. The van der Waals surface area contributed by atoms with Gasteiger partial charge in [-0.15, -0.1) is 0 Å². The number of amides is 2. The van der Waals surface area contributed by atoms with Crippen molar-refractivity contribution in [3.05, 3.63) is 29.8 Å². The first-order chi connectivity index (χ1) is 11.0. The molecule has 122 valence electrons. The first kappa shape index (κ1) is 17.0. The summed E-state index contributed by atoms with van der Waals surface area (Å²) in [4.78, 5) is 24.3. The Balaban J connectivity index is 1.86. The van der Waals surface area contributed by atoms with E-state index in [1.54, 1.807) is 24.3 Å². The average Bonchev–Trinajstić information content (AvgIpc) is 2.54. The summed E-state index contributed by atoms with van der Waals surface area (Å²) in [7, 11) is 0. The number of anilines is 1. The Bertz CT molecular complexity index is 611. The molecule has 2 N–H and O–H groups in total. The highest BCUT2D eigenvalue weighted by atomic mass is 16.2. The smallest absolute Gasteiger partial charge is 0.227 e. The molecule has 23 heavy (non-hydrogen) atoms. The fraction of sp³-hybridized carbons (Fsp3) is 0.500. The molecule has 1 aromatic carbocycles. The lowest BCUT2D eigenvalue weighted by Crippen LogP contribution is -2.38. The zero-order valence-corrected chi connectivity index (χ0v) is 13.6. The van der Waals surface area contributed by atoms with Crippen molar-refractivity contribution in [1.82, 2.24) is 5.32 Å². The predicted molar refractivity (Wildman–Crippen MR) is 88.5 cm³/mol. The third-order valence-corrected chi connectivity index (χ3v) is 4.16. The number of nitrogens with zero attached hydrogens (tertiary/aromatic N) is 1. The number of carbonyl (C=O) groups excluding carboxylic acids is 2. The standard InChI is InChI=1S/C18H23N3O2/c1-12(2)20-17(22)14-6-8-15(9-7-14)18(23)21-16-5-3-4-13(10-16)11-19/h3-5,10,12,14-15H,6-9H2,1-2H3,(H,20,22)(H,21,23). The third-order valence-electron chi connectivity index (χ3n) is 4.16. The highest BCUT2D eigenvalue weighted by Gasteiger charge is 2.30. The van der Waals surface area contributed by atoms with Gasteiger partial charge in [-0.25, -0.2) is 0 Å². The van der Waals surface area contributed by atoms with Crippen LogP contribution >= 0.6 is 0 Å². The molecule has 0 atom stereocenters. The lowest BCUT2D eigenvalue weighted by atomic mass is 9.81. The van der Waals surface area contributed by atoms with Crippen molar-refractivity contribution in [2.75, 3.05) is 5.32 Å². The second kappa shape index (κ2) is 7.77. The van der Waals surface area contributed by atoms with Gasteiger partial charge in [0.1, 0.15) is 0 Å². The summed E-state index contributed by atoms with van der Waals surface area (Å²) >= 11 is 0. The summed E-state index contributed by atoms with van der Waals surface area (Å²) in [5, 5.41) is 14.7. The van der Waals surface area contributed by atoms with Gasteiger partial charge in [-0.1, -0.05) is 6.07 Å². The molecule has 0 bridgehead atoms. The van der Waals surface area contributed by atoms with Crippen LogP contribution in [0.3, 0.4) is 0 Å². The van der Waals surface area contributed by atoms with Crippen LogP contribution in [0.5, 0.6) is 0 Å². The number of nitriles is 1. The van der Waals surface area contributed by atoms with E-state index in [1.165, 1.54) is 0 Å². The number of nitrogens with one attached hydrogen (secondary N) is 2. The molecule has 0 saturated heterocycles. The summed E-state index contributed by atoms with van der Waals surface area (Å²) in [6.45, 7) is 3.90. The molecule has 2 rings (SSSR count). The van der Waals surface area contributed by atoms with Crippen LogP contribution in [-0.4, -0.2) is 17.9 Å². The number of carbonyl (C=O) groups is 2. The van der Waals surface area contributed by atoms with Crippen LogP contribution < -0.4 is 10.6 Å². The molecule has 0 heterocycles. The monoisotopic (exact) mass is 313 g/mol. The minimum absolute atomic E-state index is 0.0170. The highest BCUT2D eigenvalue weighted by Crippen LogP contribution is 2.30. The molecule has 0 unspecified atom stereocenters. The molecular formula is C18H23N3O2. The van der Waals surface area contributed by atoms with Crippen molar-refractivity contribution in [1.29, 1.82) is 5.26 Å². The first-order valence-corrected chi connectivity index (χ1v) is 8.11. The van der Waals surface area contributed by atoms with E-state index >= 15 is 0 Å². The quantitative estimate of drug-likeness (QED) is 0.896. The van der Waals surface area contributed by atoms with Crippen LogP contribution in [0, 0.1) is 23.2 Å². The van der Waals surface area contributed by atoms with Crippen molar-refractivity contribution in [3.8, 4) is 6.07 Å². The average molecular weight is 313 g/mol. The van der Waals surface area contributed by atoms with Gasteiger partial charge < -0.3 is 10.6 Å². The van der Waals surface area contributed by atoms with Gasteiger partial charge in [-0.2, -0.15) is 5.26 Å². The predicted octanol–water partition coefficient (Wildman–Crippen LogP) is 2.83. The number of hydrogen-bond donors (Lipinski definition) is 2. The van der Waals surface area contributed by atoms with Crippen LogP contribution in [0.25, 0.3) is 0 Å². The van der Waals surface area contributed by atoms with Crippen molar-refractivity contribution in [2.45, 2.75) is 45.6 Å². The second-order valence-corrected chi connectivity index (χ2v) is 6.39. The Kier molecular flexibility index (Phi) is 5.75. The summed E-state index contributed by atoms with van der Waals surface area (Å²) in [5.41, 5.74) is 1.17. The molecule has 0 aliphatic heterocycles. The van der Waals surface area contributed by atoms with Gasteiger partial charge in [0.15, 0.2) is 0 Å². The molecular weight excluding hydrogens is 290 g/mol. The summed E-state index contributed by atoms with van der Waals surface area (Å²) < 4.78 is 0. The van der Waals surface area contributed by atoms with E-state index in [0.29, 0.717) is 11.3 Å². The molecule has 1 aromatic rings. The van der Waals surface area contributed by atoms with Crippen LogP contribution in [0.1, 0.15) is 45.1 Å².